The third-order valence-corrected chi connectivity index (χ3v) is 4.08. The molecule has 1 aromatic heterocycles. The zero-order valence-corrected chi connectivity index (χ0v) is 9.92. The molecule has 0 unspecified atom stereocenters. The number of anilines is 1. The second kappa shape index (κ2) is 3.71. The van der Waals surface area contributed by atoms with Gasteiger partial charge in [-0.15, -0.1) is 4.41 Å². The summed E-state index contributed by atoms with van der Waals surface area (Å²) in [5.74, 6) is 0.284. The Balaban J connectivity index is 2.49. The first-order valence-electron chi connectivity index (χ1n) is 4.11. The highest BCUT2D eigenvalue weighted by atomic mass is 79.9. The number of β-amino-alcohol motifs (C(OH)–C–C–N with tert-alkyl or cyclic N) is 1. The van der Waals surface area contributed by atoms with Crippen LogP contribution in [0.3, 0.4) is 0 Å². The van der Waals surface area contributed by atoms with Gasteiger partial charge < -0.3 is 5.11 Å². The van der Waals surface area contributed by atoms with Crippen LogP contribution in [-0.4, -0.2) is 36.1 Å². The van der Waals surface area contributed by atoms with Crippen LogP contribution in [0.1, 0.15) is 0 Å². The standard InChI is InChI=1S/C7H8BrN3O3S/c8-5-3-6-7(9-4-5)10-11(1-2-12)15(6,13)14/h3-4,12H,1-2H2,(H,9,10). The summed E-state index contributed by atoms with van der Waals surface area (Å²) in [6, 6.07) is 1.47. The van der Waals surface area contributed by atoms with E-state index in [1.807, 2.05) is 0 Å². The Morgan fingerprint density at radius 1 is 1.60 bits per heavy atom. The molecule has 1 aromatic rings. The van der Waals surface area contributed by atoms with E-state index in [-0.39, 0.29) is 23.9 Å². The summed E-state index contributed by atoms with van der Waals surface area (Å²) in [5.41, 5.74) is 2.61. The van der Waals surface area contributed by atoms with Gasteiger partial charge in [0.15, 0.2) is 5.82 Å². The number of nitrogens with one attached hydrogen (secondary N) is 1. The topological polar surface area (TPSA) is 82.5 Å². The van der Waals surface area contributed by atoms with Crippen LogP contribution >= 0.6 is 15.9 Å². The van der Waals surface area contributed by atoms with E-state index in [2.05, 4.69) is 26.3 Å². The number of hydrogen-bond acceptors (Lipinski definition) is 5. The summed E-state index contributed by atoms with van der Waals surface area (Å²) >= 11 is 3.15. The van der Waals surface area contributed by atoms with E-state index >= 15 is 0 Å². The van der Waals surface area contributed by atoms with Crippen LogP contribution in [0.25, 0.3) is 0 Å². The van der Waals surface area contributed by atoms with Crippen LogP contribution < -0.4 is 5.43 Å². The Morgan fingerprint density at radius 3 is 3.00 bits per heavy atom. The van der Waals surface area contributed by atoms with Gasteiger partial charge >= 0.3 is 0 Å². The molecule has 2 rings (SSSR count). The Bertz CT molecular complexity index is 490. The first kappa shape index (κ1) is 10.8. The zero-order chi connectivity index (χ0) is 11.1. The Morgan fingerprint density at radius 2 is 2.33 bits per heavy atom. The van der Waals surface area contributed by atoms with E-state index in [1.165, 1.54) is 12.3 Å². The molecule has 1 aliphatic rings. The summed E-state index contributed by atoms with van der Waals surface area (Å²) in [7, 11) is -3.56. The molecule has 0 aromatic carbocycles. The molecule has 0 spiro atoms. The van der Waals surface area contributed by atoms with Gasteiger partial charge in [-0.1, -0.05) is 0 Å². The fourth-order valence-corrected chi connectivity index (χ4v) is 3.13. The van der Waals surface area contributed by atoms with Crippen LogP contribution in [0, 0.1) is 0 Å². The Hall–Kier alpha value is -0.700. The van der Waals surface area contributed by atoms with Crippen LogP contribution in [0.4, 0.5) is 5.82 Å². The van der Waals surface area contributed by atoms with Gasteiger partial charge in [-0.2, -0.15) is 0 Å². The SMILES string of the molecule is O=S1(=O)c2cc(Br)cnc2NN1CCO. The van der Waals surface area contributed by atoms with Crippen molar-refractivity contribution in [1.82, 2.24) is 9.40 Å². The highest BCUT2D eigenvalue weighted by Crippen LogP contribution is 2.31. The highest BCUT2D eigenvalue weighted by Gasteiger charge is 2.35. The van der Waals surface area contributed by atoms with Gasteiger partial charge in [-0.3, -0.25) is 5.43 Å². The number of fused-ring (bicyclic) bond motifs is 1. The molecule has 0 bridgehead atoms. The second-order valence-corrected chi connectivity index (χ2v) is 5.66. The van der Waals surface area contributed by atoms with Crippen molar-refractivity contribution >= 4 is 31.8 Å². The van der Waals surface area contributed by atoms with Gasteiger partial charge in [0.05, 0.1) is 13.2 Å². The van der Waals surface area contributed by atoms with E-state index in [9.17, 15) is 8.42 Å². The number of hydrogen-bond donors (Lipinski definition) is 2. The zero-order valence-electron chi connectivity index (χ0n) is 7.51. The van der Waals surface area contributed by atoms with Crippen molar-refractivity contribution in [2.75, 3.05) is 18.6 Å². The minimum atomic E-state index is -3.56. The quantitative estimate of drug-likeness (QED) is 0.812. The van der Waals surface area contributed by atoms with Gasteiger partial charge in [0.1, 0.15) is 4.90 Å². The first-order valence-corrected chi connectivity index (χ1v) is 6.35. The molecule has 0 radical (unpaired) electrons. The van der Waals surface area contributed by atoms with Gasteiger partial charge in [0.2, 0.25) is 0 Å². The summed E-state index contributed by atoms with van der Waals surface area (Å²) in [4.78, 5) is 4.04. The predicted octanol–water partition coefficient (Wildman–Crippen LogP) is 0.168. The van der Waals surface area contributed by atoms with Crippen molar-refractivity contribution in [3.8, 4) is 0 Å². The number of rotatable bonds is 2. The fraction of sp³-hybridized carbons (Fsp3) is 0.286. The van der Waals surface area contributed by atoms with Crippen LogP contribution in [0.5, 0.6) is 0 Å². The minimum Gasteiger partial charge on any atom is -0.395 e. The first-order chi connectivity index (χ1) is 7.05. The van der Waals surface area contributed by atoms with Gasteiger partial charge in [-0.25, -0.2) is 13.4 Å². The van der Waals surface area contributed by atoms with Crippen molar-refractivity contribution in [2.24, 2.45) is 0 Å². The molecule has 0 saturated carbocycles. The van der Waals surface area contributed by atoms with E-state index < -0.39 is 10.0 Å². The second-order valence-electron chi connectivity index (χ2n) is 2.91. The van der Waals surface area contributed by atoms with E-state index in [0.717, 1.165) is 4.41 Å². The van der Waals surface area contributed by atoms with E-state index in [0.29, 0.717) is 4.47 Å². The highest BCUT2D eigenvalue weighted by molar-refractivity contribution is 9.10. The van der Waals surface area contributed by atoms with Crippen LogP contribution in [0.2, 0.25) is 0 Å². The molecule has 0 fully saturated rings. The van der Waals surface area contributed by atoms with Gasteiger partial charge in [0.25, 0.3) is 10.0 Å². The summed E-state index contributed by atoms with van der Waals surface area (Å²) in [6.07, 6.45) is 1.50. The molecule has 1 aliphatic heterocycles. The summed E-state index contributed by atoms with van der Waals surface area (Å²) in [6.45, 7) is -0.252. The number of hydrazine groups is 1. The average Bonchev–Trinajstić information content (AvgIpc) is 2.41. The molecule has 0 saturated heterocycles. The number of nitrogens with zero attached hydrogens (tertiary/aromatic N) is 2. The lowest BCUT2D eigenvalue weighted by Crippen LogP contribution is -2.32. The third-order valence-electron chi connectivity index (χ3n) is 1.92. The normalized spacial score (nSPS) is 18.5. The molecular formula is C7H8BrN3O3S. The number of aliphatic hydroxyl groups is 1. The van der Waals surface area contributed by atoms with Crippen molar-refractivity contribution in [2.45, 2.75) is 4.90 Å². The number of aromatic nitrogens is 1. The Labute approximate surface area is 95.1 Å². The summed E-state index contributed by atoms with van der Waals surface area (Å²) < 4.78 is 25.2. The molecule has 15 heavy (non-hydrogen) atoms. The molecule has 0 aliphatic carbocycles. The van der Waals surface area contributed by atoms with E-state index in [1.54, 1.807) is 0 Å². The lowest BCUT2D eigenvalue weighted by Gasteiger charge is -2.11. The molecule has 6 nitrogen and oxygen atoms in total. The molecule has 2 heterocycles. The number of sulfonamides is 1. The number of pyridine rings is 1. The fourth-order valence-electron chi connectivity index (χ4n) is 1.27. The molecular weight excluding hydrogens is 286 g/mol. The average molecular weight is 294 g/mol. The summed E-state index contributed by atoms with van der Waals surface area (Å²) in [5, 5.41) is 8.72. The van der Waals surface area contributed by atoms with E-state index in [4.69, 9.17) is 5.11 Å². The maximum absolute atomic E-state index is 11.8. The largest absolute Gasteiger partial charge is 0.395 e. The van der Waals surface area contributed by atoms with Crippen molar-refractivity contribution in [3.05, 3.63) is 16.7 Å². The molecule has 2 N–H and O–H groups in total. The van der Waals surface area contributed by atoms with Crippen LogP contribution in [-0.2, 0) is 10.0 Å². The number of aliphatic hydroxyl groups excluding tert-OH is 1. The maximum atomic E-state index is 11.8. The van der Waals surface area contributed by atoms with Gasteiger partial charge in [0, 0.05) is 10.7 Å². The molecule has 82 valence electrons. The molecule has 0 atom stereocenters. The predicted molar refractivity (Wildman–Crippen MR) is 56.5 cm³/mol. The molecule has 0 amide bonds. The monoisotopic (exact) mass is 293 g/mol. The van der Waals surface area contributed by atoms with Crippen molar-refractivity contribution in [1.29, 1.82) is 0 Å². The lowest BCUT2D eigenvalue weighted by molar-refractivity contribution is 0.267. The van der Waals surface area contributed by atoms with Crippen molar-refractivity contribution in [3.63, 3.8) is 0 Å². The number of halogens is 1. The maximum Gasteiger partial charge on any atom is 0.263 e. The third kappa shape index (κ3) is 1.73. The smallest absolute Gasteiger partial charge is 0.263 e. The minimum absolute atomic E-state index is 0.00366. The lowest BCUT2D eigenvalue weighted by atomic mass is 10.5. The Kier molecular flexibility index (Phi) is 2.67. The van der Waals surface area contributed by atoms with Gasteiger partial charge in [-0.05, 0) is 22.0 Å². The molecule has 8 heteroatoms. The van der Waals surface area contributed by atoms with Crippen LogP contribution in [0.15, 0.2) is 21.6 Å². The van der Waals surface area contributed by atoms with Crippen molar-refractivity contribution < 1.29 is 13.5 Å².